The molecule has 0 aliphatic carbocycles. The van der Waals surface area contributed by atoms with Crippen molar-refractivity contribution in [3.8, 4) is 17.2 Å². The van der Waals surface area contributed by atoms with Crippen LogP contribution in [0.1, 0.15) is 17.2 Å². The second-order valence-corrected chi connectivity index (χ2v) is 5.66. The van der Waals surface area contributed by atoms with Gasteiger partial charge in [-0.05, 0) is 29.8 Å². The number of carbonyl (C=O) groups is 1. The SMILES string of the molecule is COc1ccccc1C(CNC(=O)/C=C/c1ccc2c(c1)OCO2)OC. The van der Waals surface area contributed by atoms with Gasteiger partial charge in [0.15, 0.2) is 11.5 Å². The summed E-state index contributed by atoms with van der Waals surface area (Å²) in [5.41, 5.74) is 1.75. The van der Waals surface area contributed by atoms with Crippen LogP contribution in [0.5, 0.6) is 17.2 Å². The predicted molar refractivity (Wildman–Crippen MR) is 97.4 cm³/mol. The zero-order chi connectivity index (χ0) is 18.4. The summed E-state index contributed by atoms with van der Waals surface area (Å²) in [6.45, 7) is 0.561. The van der Waals surface area contributed by atoms with E-state index >= 15 is 0 Å². The fourth-order valence-corrected chi connectivity index (χ4v) is 2.69. The molecule has 2 aromatic rings. The van der Waals surface area contributed by atoms with Crippen molar-refractivity contribution in [2.24, 2.45) is 0 Å². The number of hydrogen-bond donors (Lipinski definition) is 1. The number of carbonyl (C=O) groups excluding carboxylic acids is 1. The summed E-state index contributed by atoms with van der Waals surface area (Å²) in [4.78, 5) is 12.1. The van der Waals surface area contributed by atoms with Crippen LogP contribution in [0.3, 0.4) is 0 Å². The number of methoxy groups -OCH3 is 2. The minimum absolute atomic E-state index is 0.209. The van der Waals surface area contributed by atoms with Gasteiger partial charge in [0.05, 0.1) is 7.11 Å². The second-order valence-electron chi connectivity index (χ2n) is 5.66. The Kier molecular flexibility index (Phi) is 5.76. The van der Waals surface area contributed by atoms with Crippen LogP contribution in [0, 0.1) is 0 Å². The third-order valence-electron chi connectivity index (χ3n) is 4.06. The maximum absolute atomic E-state index is 12.1. The van der Waals surface area contributed by atoms with Gasteiger partial charge < -0.3 is 24.3 Å². The highest BCUT2D eigenvalue weighted by Crippen LogP contribution is 2.32. The van der Waals surface area contributed by atoms with Gasteiger partial charge in [-0.25, -0.2) is 0 Å². The van der Waals surface area contributed by atoms with Crippen molar-refractivity contribution in [1.29, 1.82) is 0 Å². The molecule has 0 bridgehead atoms. The number of amides is 1. The molecule has 0 radical (unpaired) electrons. The number of hydrogen-bond acceptors (Lipinski definition) is 5. The van der Waals surface area contributed by atoms with Gasteiger partial charge in [-0.3, -0.25) is 4.79 Å². The standard InChI is InChI=1S/C20H21NO5/c1-23-16-6-4-3-5-15(16)19(24-2)12-21-20(22)10-8-14-7-9-17-18(11-14)26-13-25-17/h3-11,19H,12-13H2,1-2H3,(H,21,22)/b10-8+. The Hall–Kier alpha value is -2.99. The second kappa shape index (κ2) is 8.40. The van der Waals surface area contributed by atoms with Crippen molar-refractivity contribution in [3.05, 3.63) is 59.7 Å². The number of fused-ring (bicyclic) bond motifs is 1. The maximum atomic E-state index is 12.1. The molecule has 3 rings (SSSR count). The molecule has 0 fully saturated rings. The minimum Gasteiger partial charge on any atom is -0.496 e. The van der Waals surface area contributed by atoms with Gasteiger partial charge in [0.25, 0.3) is 0 Å². The van der Waals surface area contributed by atoms with Crippen LogP contribution in [0.15, 0.2) is 48.5 Å². The van der Waals surface area contributed by atoms with Crippen LogP contribution in [0.25, 0.3) is 6.08 Å². The summed E-state index contributed by atoms with van der Waals surface area (Å²) < 4.78 is 21.4. The smallest absolute Gasteiger partial charge is 0.244 e. The molecule has 1 atom stereocenters. The van der Waals surface area contributed by atoms with Crippen molar-refractivity contribution < 1.29 is 23.7 Å². The molecule has 0 spiro atoms. The lowest BCUT2D eigenvalue weighted by atomic mass is 10.1. The van der Waals surface area contributed by atoms with E-state index in [4.69, 9.17) is 18.9 Å². The zero-order valence-electron chi connectivity index (χ0n) is 14.7. The quantitative estimate of drug-likeness (QED) is 0.774. The number of para-hydroxylation sites is 1. The molecule has 0 saturated heterocycles. The van der Waals surface area contributed by atoms with Crippen molar-refractivity contribution >= 4 is 12.0 Å². The number of rotatable bonds is 7. The van der Waals surface area contributed by atoms with E-state index < -0.39 is 0 Å². The van der Waals surface area contributed by atoms with Crippen molar-refractivity contribution in [2.45, 2.75) is 6.10 Å². The molecule has 1 aliphatic heterocycles. The first-order valence-corrected chi connectivity index (χ1v) is 8.22. The van der Waals surface area contributed by atoms with E-state index in [1.54, 1.807) is 20.3 Å². The predicted octanol–water partition coefficient (Wildman–Crippen LogP) is 2.94. The summed E-state index contributed by atoms with van der Waals surface area (Å²) >= 11 is 0. The Labute approximate surface area is 152 Å². The van der Waals surface area contributed by atoms with Crippen molar-refractivity contribution in [3.63, 3.8) is 0 Å². The number of nitrogens with one attached hydrogen (secondary N) is 1. The Morgan fingerprint density at radius 2 is 2.00 bits per heavy atom. The molecule has 26 heavy (non-hydrogen) atoms. The van der Waals surface area contributed by atoms with E-state index in [-0.39, 0.29) is 18.8 Å². The first-order valence-electron chi connectivity index (χ1n) is 8.22. The lowest BCUT2D eigenvalue weighted by Gasteiger charge is -2.18. The Balaban J connectivity index is 1.59. The van der Waals surface area contributed by atoms with E-state index in [1.807, 2.05) is 42.5 Å². The molecular weight excluding hydrogens is 334 g/mol. The van der Waals surface area contributed by atoms with Gasteiger partial charge in [0.1, 0.15) is 11.9 Å². The van der Waals surface area contributed by atoms with Crippen molar-refractivity contribution in [1.82, 2.24) is 5.32 Å². The summed E-state index contributed by atoms with van der Waals surface area (Å²) in [5, 5.41) is 2.84. The summed E-state index contributed by atoms with van der Waals surface area (Å²) in [5.74, 6) is 1.92. The zero-order valence-corrected chi connectivity index (χ0v) is 14.7. The monoisotopic (exact) mass is 355 g/mol. The number of ether oxygens (including phenoxy) is 4. The van der Waals surface area contributed by atoms with E-state index in [0.717, 1.165) is 16.9 Å². The topological polar surface area (TPSA) is 66.0 Å². The molecule has 1 N–H and O–H groups in total. The molecule has 136 valence electrons. The highest BCUT2D eigenvalue weighted by molar-refractivity contribution is 5.91. The van der Waals surface area contributed by atoms with Crippen molar-refractivity contribution in [2.75, 3.05) is 27.6 Å². The van der Waals surface area contributed by atoms with Gasteiger partial charge in [-0.2, -0.15) is 0 Å². The summed E-state index contributed by atoms with van der Waals surface area (Å²) in [6.07, 6.45) is 2.91. The molecule has 6 heteroatoms. The van der Waals surface area contributed by atoms with E-state index in [9.17, 15) is 4.79 Å². The summed E-state index contributed by atoms with van der Waals surface area (Å²) in [6, 6.07) is 13.1. The van der Waals surface area contributed by atoms with Crippen LogP contribution in [0.2, 0.25) is 0 Å². The highest BCUT2D eigenvalue weighted by atomic mass is 16.7. The van der Waals surface area contributed by atoms with E-state index in [2.05, 4.69) is 5.32 Å². The van der Waals surface area contributed by atoms with Gasteiger partial charge in [-0.15, -0.1) is 0 Å². The maximum Gasteiger partial charge on any atom is 0.244 e. The first-order chi connectivity index (χ1) is 12.7. The normalized spacial score (nSPS) is 13.6. The Morgan fingerprint density at radius 3 is 2.81 bits per heavy atom. The van der Waals surface area contributed by atoms with E-state index in [0.29, 0.717) is 18.0 Å². The minimum atomic E-state index is -0.297. The average Bonchev–Trinajstić information content (AvgIpc) is 3.15. The lowest BCUT2D eigenvalue weighted by Crippen LogP contribution is -2.27. The summed E-state index contributed by atoms with van der Waals surface area (Å²) in [7, 11) is 3.21. The molecular formula is C20H21NO5. The molecule has 0 saturated carbocycles. The van der Waals surface area contributed by atoms with Gasteiger partial charge in [-0.1, -0.05) is 24.3 Å². The van der Waals surface area contributed by atoms with Crippen LogP contribution in [-0.2, 0) is 9.53 Å². The number of benzene rings is 2. The van der Waals surface area contributed by atoms with Crippen LogP contribution in [-0.4, -0.2) is 33.5 Å². The average molecular weight is 355 g/mol. The first kappa shape index (κ1) is 17.8. The molecule has 1 heterocycles. The third kappa shape index (κ3) is 4.15. The molecule has 1 aliphatic rings. The molecule has 1 unspecified atom stereocenters. The largest absolute Gasteiger partial charge is 0.496 e. The Bertz CT molecular complexity index is 803. The highest BCUT2D eigenvalue weighted by Gasteiger charge is 2.16. The lowest BCUT2D eigenvalue weighted by molar-refractivity contribution is -0.117. The molecule has 1 amide bonds. The molecule has 6 nitrogen and oxygen atoms in total. The van der Waals surface area contributed by atoms with Gasteiger partial charge in [0.2, 0.25) is 12.7 Å². The van der Waals surface area contributed by atoms with Gasteiger partial charge in [0, 0.05) is 25.3 Å². The van der Waals surface area contributed by atoms with Gasteiger partial charge >= 0.3 is 0 Å². The van der Waals surface area contributed by atoms with Crippen LogP contribution in [0.4, 0.5) is 0 Å². The Morgan fingerprint density at radius 1 is 1.19 bits per heavy atom. The fourth-order valence-electron chi connectivity index (χ4n) is 2.69. The van der Waals surface area contributed by atoms with Crippen LogP contribution >= 0.6 is 0 Å². The molecule has 2 aromatic carbocycles. The molecule has 0 aromatic heterocycles. The fraction of sp³-hybridized carbons (Fsp3) is 0.250. The van der Waals surface area contributed by atoms with Crippen LogP contribution < -0.4 is 19.5 Å². The third-order valence-corrected chi connectivity index (χ3v) is 4.06. The van der Waals surface area contributed by atoms with E-state index in [1.165, 1.54) is 6.08 Å².